The second-order valence-electron chi connectivity index (χ2n) is 6.67. The number of aromatic nitrogens is 2. The maximum absolute atomic E-state index is 3.58. The third kappa shape index (κ3) is 6.05. The summed E-state index contributed by atoms with van der Waals surface area (Å²) < 4.78 is 2.45. The van der Waals surface area contributed by atoms with E-state index < -0.39 is 0 Å². The molecule has 164 valence electrons. The van der Waals surface area contributed by atoms with Crippen LogP contribution >= 0.6 is 113 Å². The highest BCUT2D eigenvalue weighted by Gasteiger charge is 2.06. The molecular formula is C24H16BrI5N2. The SMILES string of the molecule is Brc1cccc2[nH]c3ccccc3c12.II.II.Ic1cccc2[nH]c3ccccc3c12. The van der Waals surface area contributed by atoms with Crippen molar-refractivity contribution in [1.82, 2.24) is 9.97 Å². The van der Waals surface area contributed by atoms with E-state index in [0.29, 0.717) is 0 Å². The first kappa shape index (κ1) is 27.2. The van der Waals surface area contributed by atoms with E-state index >= 15 is 0 Å². The molecule has 0 aliphatic heterocycles. The summed E-state index contributed by atoms with van der Waals surface area (Å²) in [6.45, 7) is 0. The van der Waals surface area contributed by atoms with Crippen molar-refractivity contribution in [1.29, 1.82) is 0 Å². The van der Waals surface area contributed by atoms with Crippen LogP contribution in [0.3, 0.4) is 0 Å². The van der Waals surface area contributed by atoms with E-state index in [4.69, 9.17) is 0 Å². The molecule has 32 heavy (non-hydrogen) atoms. The normalized spacial score (nSPS) is 10.2. The maximum atomic E-state index is 3.58. The number of nitrogens with one attached hydrogen (secondary N) is 2. The highest BCUT2D eigenvalue weighted by molar-refractivity contribution is 15.0. The first-order valence-electron chi connectivity index (χ1n) is 9.31. The van der Waals surface area contributed by atoms with Crippen molar-refractivity contribution in [3.63, 3.8) is 0 Å². The summed E-state index contributed by atoms with van der Waals surface area (Å²) in [4.78, 5) is 6.80. The standard InChI is InChI=1S/C12H8BrN.C12H8IN.2I2/c2*13-9-5-3-7-11-12(9)8-4-1-2-6-10(8)14-11;2*1-2/h2*1-7,14H;;. The second-order valence-corrected chi connectivity index (χ2v) is 8.68. The molecule has 0 fully saturated rings. The Balaban J connectivity index is 0.000000157. The highest BCUT2D eigenvalue weighted by Crippen LogP contribution is 2.31. The average Bonchev–Trinajstić information content (AvgIpc) is 3.42. The second kappa shape index (κ2) is 13.6. The summed E-state index contributed by atoms with van der Waals surface area (Å²) >= 11 is 14.4. The van der Waals surface area contributed by atoms with E-state index in [1.165, 1.54) is 47.2 Å². The van der Waals surface area contributed by atoms with Gasteiger partial charge in [-0.15, -0.1) is 0 Å². The fourth-order valence-corrected chi connectivity index (χ4v) is 5.08. The predicted molar refractivity (Wildman–Crippen MR) is 188 cm³/mol. The Kier molecular flexibility index (Phi) is 11.6. The molecule has 6 aromatic rings. The molecule has 0 saturated heterocycles. The number of hydrogen-bond donors (Lipinski definition) is 2. The van der Waals surface area contributed by atoms with Crippen molar-refractivity contribution >= 4 is 157 Å². The predicted octanol–water partition coefficient (Wildman–Crippen LogP) is 11.6. The lowest BCUT2D eigenvalue weighted by Crippen LogP contribution is -1.71. The Morgan fingerprint density at radius 2 is 0.938 bits per heavy atom. The molecule has 0 atom stereocenters. The van der Waals surface area contributed by atoms with Crippen LogP contribution in [0.15, 0.2) is 89.4 Å². The third-order valence-corrected chi connectivity index (χ3v) is 6.52. The Morgan fingerprint density at radius 3 is 1.53 bits per heavy atom. The van der Waals surface area contributed by atoms with E-state index in [2.05, 4.69) is 196 Å². The summed E-state index contributed by atoms with van der Waals surface area (Å²) in [6.07, 6.45) is 0. The number of rotatable bonds is 0. The van der Waals surface area contributed by atoms with Crippen molar-refractivity contribution < 1.29 is 0 Å². The van der Waals surface area contributed by atoms with Crippen molar-refractivity contribution in [3.8, 4) is 0 Å². The lowest BCUT2D eigenvalue weighted by Gasteiger charge is -1.93. The van der Waals surface area contributed by atoms with E-state index in [0.717, 1.165) is 4.47 Å². The molecule has 0 spiro atoms. The van der Waals surface area contributed by atoms with Gasteiger partial charge in [-0.1, -0.05) is 64.5 Å². The van der Waals surface area contributed by atoms with E-state index in [9.17, 15) is 0 Å². The van der Waals surface area contributed by atoms with Gasteiger partial charge in [0.15, 0.2) is 0 Å². The van der Waals surface area contributed by atoms with Crippen LogP contribution in [0.4, 0.5) is 0 Å². The fraction of sp³-hybridized carbons (Fsp3) is 0. The van der Waals surface area contributed by atoms with Crippen LogP contribution in [-0.4, -0.2) is 9.97 Å². The Hall–Kier alpha value is 0.610. The summed E-state index contributed by atoms with van der Waals surface area (Å²) in [5, 5.41) is 5.19. The van der Waals surface area contributed by atoms with Gasteiger partial charge in [-0.3, -0.25) is 0 Å². The van der Waals surface area contributed by atoms with Crippen molar-refractivity contribution in [2.45, 2.75) is 0 Å². The summed E-state index contributed by atoms with van der Waals surface area (Å²) in [5.41, 5.74) is 4.81. The first-order valence-corrected chi connectivity index (χ1v) is 23.7. The minimum absolute atomic E-state index is 1.15. The zero-order chi connectivity index (χ0) is 23.1. The molecule has 0 amide bonds. The Labute approximate surface area is 255 Å². The number of benzene rings is 4. The number of H-pyrrole nitrogens is 2. The van der Waals surface area contributed by atoms with Crippen LogP contribution in [0.5, 0.6) is 0 Å². The van der Waals surface area contributed by atoms with E-state index in [1.807, 2.05) is 12.1 Å². The zero-order valence-electron chi connectivity index (χ0n) is 16.4. The van der Waals surface area contributed by atoms with Gasteiger partial charge in [0.1, 0.15) is 0 Å². The molecule has 2 aromatic heterocycles. The molecular weight excluding hydrogens is 1030 g/mol. The van der Waals surface area contributed by atoms with Crippen molar-refractivity contribution in [2.24, 2.45) is 0 Å². The fourth-order valence-electron chi connectivity index (χ4n) is 3.71. The topological polar surface area (TPSA) is 31.6 Å². The molecule has 6 rings (SSSR count). The number of fused-ring (bicyclic) bond motifs is 6. The quantitative estimate of drug-likeness (QED) is 0.142. The van der Waals surface area contributed by atoms with E-state index in [-0.39, 0.29) is 0 Å². The van der Waals surface area contributed by atoms with Crippen LogP contribution in [0.2, 0.25) is 0 Å². The van der Waals surface area contributed by atoms with Gasteiger partial charge in [-0.25, -0.2) is 0 Å². The van der Waals surface area contributed by atoms with Crippen LogP contribution in [0, 0.1) is 3.57 Å². The number of aromatic amines is 2. The molecule has 0 aliphatic rings. The summed E-state index contributed by atoms with van der Waals surface area (Å²) in [7, 11) is 0. The molecule has 2 N–H and O–H groups in total. The van der Waals surface area contributed by atoms with Crippen molar-refractivity contribution in [3.05, 3.63) is 93.0 Å². The van der Waals surface area contributed by atoms with Crippen molar-refractivity contribution in [2.75, 3.05) is 0 Å². The minimum atomic E-state index is 1.15. The summed E-state index contributed by atoms with van der Waals surface area (Å²) in [6, 6.07) is 29.3. The van der Waals surface area contributed by atoms with Crippen LogP contribution in [-0.2, 0) is 0 Å². The average molecular weight is 1050 g/mol. The maximum Gasteiger partial charge on any atom is 0.0476 e. The molecule has 2 heterocycles. The van der Waals surface area contributed by atoms with E-state index in [1.54, 1.807) is 0 Å². The lowest BCUT2D eigenvalue weighted by atomic mass is 10.2. The smallest absolute Gasteiger partial charge is 0.0476 e. The van der Waals surface area contributed by atoms with Gasteiger partial charge in [0.2, 0.25) is 0 Å². The lowest BCUT2D eigenvalue weighted by molar-refractivity contribution is 1.54. The van der Waals surface area contributed by atoms with Gasteiger partial charge < -0.3 is 9.97 Å². The molecule has 8 heteroatoms. The van der Waals surface area contributed by atoms with Gasteiger partial charge >= 0.3 is 0 Å². The first-order chi connectivity index (χ1) is 15.7. The highest BCUT2D eigenvalue weighted by atomic mass is 128. The van der Waals surface area contributed by atoms with Crippen LogP contribution in [0.25, 0.3) is 43.6 Å². The van der Waals surface area contributed by atoms with Gasteiger partial charge in [-0.05, 0) is 59.0 Å². The Morgan fingerprint density at radius 1 is 0.500 bits per heavy atom. The van der Waals surface area contributed by atoms with Gasteiger partial charge in [0, 0.05) is 126 Å². The molecule has 4 aromatic carbocycles. The van der Waals surface area contributed by atoms with Crippen LogP contribution < -0.4 is 0 Å². The number of halogens is 6. The van der Waals surface area contributed by atoms with Gasteiger partial charge in [0.25, 0.3) is 0 Å². The van der Waals surface area contributed by atoms with Gasteiger partial charge in [0.05, 0.1) is 0 Å². The third-order valence-electron chi connectivity index (χ3n) is 4.96. The molecule has 0 radical (unpaired) electrons. The largest absolute Gasteiger partial charge is 0.354 e. The monoisotopic (exact) mass is 1050 g/mol. The molecule has 0 saturated carbocycles. The summed E-state index contributed by atoms with van der Waals surface area (Å²) in [5.74, 6) is 0. The minimum Gasteiger partial charge on any atom is -0.354 e. The Bertz CT molecular complexity index is 1350. The molecule has 2 nitrogen and oxygen atoms in total. The molecule has 0 unspecified atom stereocenters. The zero-order valence-corrected chi connectivity index (χ0v) is 28.7. The van der Waals surface area contributed by atoms with Crippen LogP contribution in [0.1, 0.15) is 0 Å². The molecule has 0 bridgehead atoms. The number of para-hydroxylation sites is 2. The van der Waals surface area contributed by atoms with Gasteiger partial charge in [-0.2, -0.15) is 0 Å². The molecule has 0 aliphatic carbocycles. The number of hydrogen-bond acceptors (Lipinski definition) is 0.